The highest BCUT2D eigenvalue weighted by atomic mass is 16.4. The Morgan fingerprint density at radius 1 is 1.40 bits per heavy atom. The van der Waals surface area contributed by atoms with E-state index in [1.807, 2.05) is 13.8 Å². The van der Waals surface area contributed by atoms with Crippen LogP contribution in [0.4, 0.5) is 0 Å². The van der Waals surface area contributed by atoms with E-state index in [1.165, 1.54) is 0 Å². The van der Waals surface area contributed by atoms with Crippen LogP contribution in [0.1, 0.15) is 33.6 Å². The molecule has 0 saturated heterocycles. The van der Waals surface area contributed by atoms with E-state index in [-0.39, 0.29) is 12.5 Å². The molecule has 0 aliphatic heterocycles. The largest absolute Gasteiger partial charge is 0.481 e. The van der Waals surface area contributed by atoms with Crippen LogP contribution in [0.2, 0.25) is 0 Å². The molecule has 1 amide bonds. The summed E-state index contributed by atoms with van der Waals surface area (Å²) in [7, 11) is 0. The summed E-state index contributed by atoms with van der Waals surface area (Å²) in [5.41, 5.74) is 4.97. The maximum atomic E-state index is 11.6. The van der Waals surface area contributed by atoms with Gasteiger partial charge in [-0.05, 0) is 12.8 Å². The second-order valence-corrected chi connectivity index (χ2v) is 3.81. The van der Waals surface area contributed by atoms with E-state index in [0.29, 0.717) is 12.8 Å². The minimum absolute atomic E-state index is 0.118. The fourth-order valence-corrected chi connectivity index (χ4v) is 1.08. The summed E-state index contributed by atoms with van der Waals surface area (Å²) in [6.07, 6.45) is 1.08. The number of aliphatic carboxylic acids is 1. The predicted octanol–water partition coefficient (Wildman–Crippen LogP) is 0.341. The molecule has 0 radical (unpaired) electrons. The molecule has 0 aliphatic carbocycles. The first-order valence-corrected chi connectivity index (χ1v) is 5.17. The molecule has 0 fully saturated rings. The Morgan fingerprint density at radius 3 is 2.20 bits per heavy atom. The van der Waals surface area contributed by atoms with Crippen molar-refractivity contribution in [3.8, 4) is 0 Å². The van der Waals surface area contributed by atoms with Crippen LogP contribution in [0.15, 0.2) is 0 Å². The highest BCUT2D eigenvalue weighted by molar-refractivity contribution is 5.86. The molecule has 0 aromatic heterocycles. The van der Waals surface area contributed by atoms with E-state index in [1.54, 1.807) is 6.92 Å². The average molecular weight is 216 g/mol. The van der Waals surface area contributed by atoms with Gasteiger partial charge >= 0.3 is 5.97 Å². The third-order valence-electron chi connectivity index (χ3n) is 2.70. The molecule has 5 nitrogen and oxygen atoms in total. The van der Waals surface area contributed by atoms with Gasteiger partial charge in [-0.1, -0.05) is 20.8 Å². The van der Waals surface area contributed by atoms with Crippen molar-refractivity contribution in [2.24, 2.45) is 11.7 Å². The minimum atomic E-state index is -0.925. The minimum Gasteiger partial charge on any atom is -0.481 e. The molecule has 1 unspecified atom stereocenters. The number of carbonyl (C=O) groups excluding carboxylic acids is 1. The monoisotopic (exact) mass is 216 g/mol. The Hall–Kier alpha value is -1.10. The van der Waals surface area contributed by atoms with E-state index < -0.39 is 17.4 Å². The summed E-state index contributed by atoms with van der Waals surface area (Å²) in [5.74, 6) is -1.79. The third kappa shape index (κ3) is 3.87. The van der Waals surface area contributed by atoms with Crippen molar-refractivity contribution in [2.45, 2.75) is 39.2 Å². The topological polar surface area (TPSA) is 92.4 Å². The number of rotatable bonds is 6. The molecule has 5 heteroatoms. The Kier molecular flexibility index (Phi) is 5.28. The molecule has 0 bridgehead atoms. The molecule has 4 N–H and O–H groups in total. The van der Waals surface area contributed by atoms with Crippen molar-refractivity contribution < 1.29 is 14.7 Å². The van der Waals surface area contributed by atoms with E-state index in [2.05, 4.69) is 5.32 Å². The lowest BCUT2D eigenvalue weighted by Crippen LogP contribution is -2.54. The van der Waals surface area contributed by atoms with Crippen LogP contribution >= 0.6 is 0 Å². The zero-order chi connectivity index (χ0) is 12.1. The maximum absolute atomic E-state index is 11.6. The van der Waals surface area contributed by atoms with Crippen molar-refractivity contribution in [1.82, 2.24) is 5.32 Å². The molecular weight excluding hydrogens is 196 g/mol. The smallest absolute Gasteiger partial charge is 0.308 e. The fraction of sp³-hybridized carbons (Fsp3) is 0.800. The van der Waals surface area contributed by atoms with Gasteiger partial charge in [-0.3, -0.25) is 9.59 Å². The molecule has 15 heavy (non-hydrogen) atoms. The Balaban J connectivity index is 4.19. The number of carboxylic acid groups (broad SMARTS) is 1. The Morgan fingerprint density at radius 2 is 1.87 bits per heavy atom. The van der Waals surface area contributed by atoms with Gasteiger partial charge < -0.3 is 16.2 Å². The number of amides is 1. The zero-order valence-corrected chi connectivity index (χ0v) is 9.54. The van der Waals surface area contributed by atoms with Crippen LogP contribution < -0.4 is 11.1 Å². The average Bonchev–Trinajstić information content (AvgIpc) is 2.23. The highest BCUT2D eigenvalue weighted by Gasteiger charge is 2.30. The maximum Gasteiger partial charge on any atom is 0.308 e. The van der Waals surface area contributed by atoms with Crippen LogP contribution in [0, 0.1) is 5.92 Å². The number of nitrogens with one attached hydrogen (secondary N) is 1. The van der Waals surface area contributed by atoms with Gasteiger partial charge in [0.1, 0.15) is 0 Å². The van der Waals surface area contributed by atoms with Gasteiger partial charge in [-0.15, -0.1) is 0 Å². The number of nitrogens with two attached hydrogens (primary N) is 1. The summed E-state index contributed by atoms with van der Waals surface area (Å²) in [4.78, 5) is 22.1. The van der Waals surface area contributed by atoms with Gasteiger partial charge in [0.05, 0.1) is 11.5 Å². The normalized spacial score (nSPS) is 13.3. The van der Waals surface area contributed by atoms with Crippen molar-refractivity contribution in [3.63, 3.8) is 0 Å². The van der Waals surface area contributed by atoms with Crippen LogP contribution in [0.5, 0.6) is 0 Å². The number of hydrogen-bond donors (Lipinski definition) is 3. The van der Waals surface area contributed by atoms with E-state index in [9.17, 15) is 9.59 Å². The molecule has 0 aliphatic rings. The van der Waals surface area contributed by atoms with Gasteiger partial charge in [-0.25, -0.2) is 0 Å². The molecule has 0 heterocycles. The Labute approximate surface area is 90.0 Å². The predicted molar refractivity (Wildman–Crippen MR) is 57.3 cm³/mol. The number of carboxylic acids is 1. The summed E-state index contributed by atoms with van der Waals surface area (Å²) in [6, 6.07) is 0. The lowest BCUT2D eigenvalue weighted by molar-refractivity contribution is -0.141. The summed E-state index contributed by atoms with van der Waals surface area (Å²) < 4.78 is 0. The number of hydrogen-bond acceptors (Lipinski definition) is 3. The molecule has 0 spiro atoms. The second-order valence-electron chi connectivity index (χ2n) is 3.81. The summed E-state index contributed by atoms with van der Waals surface area (Å²) in [6.45, 7) is 5.33. The molecule has 88 valence electrons. The second kappa shape index (κ2) is 5.70. The first-order valence-electron chi connectivity index (χ1n) is 5.17. The van der Waals surface area contributed by atoms with E-state index in [0.717, 1.165) is 0 Å². The SMILES string of the molecule is CCC(N)(CC)C(=O)NCC(C)C(=O)O. The Bertz CT molecular complexity index is 237. The van der Waals surface area contributed by atoms with Gasteiger partial charge in [0.15, 0.2) is 0 Å². The van der Waals surface area contributed by atoms with Gasteiger partial charge in [0, 0.05) is 6.54 Å². The summed E-state index contributed by atoms with van der Waals surface area (Å²) >= 11 is 0. The van der Waals surface area contributed by atoms with Gasteiger partial charge in [-0.2, -0.15) is 0 Å². The van der Waals surface area contributed by atoms with Crippen LogP contribution in [0.3, 0.4) is 0 Å². The van der Waals surface area contributed by atoms with Crippen molar-refractivity contribution in [3.05, 3.63) is 0 Å². The molecule has 0 rings (SSSR count). The van der Waals surface area contributed by atoms with Gasteiger partial charge in [0.2, 0.25) is 5.91 Å². The lowest BCUT2D eigenvalue weighted by Gasteiger charge is -2.25. The summed E-state index contributed by atoms with van der Waals surface area (Å²) in [5, 5.41) is 11.2. The zero-order valence-electron chi connectivity index (χ0n) is 9.54. The number of carbonyl (C=O) groups is 2. The molecule has 0 aromatic rings. The molecule has 0 aromatic carbocycles. The van der Waals surface area contributed by atoms with Crippen LogP contribution in [-0.2, 0) is 9.59 Å². The molecule has 1 atom stereocenters. The third-order valence-corrected chi connectivity index (χ3v) is 2.70. The van der Waals surface area contributed by atoms with Crippen molar-refractivity contribution >= 4 is 11.9 Å². The van der Waals surface area contributed by atoms with Crippen molar-refractivity contribution in [1.29, 1.82) is 0 Å². The molecule has 0 saturated carbocycles. The highest BCUT2D eigenvalue weighted by Crippen LogP contribution is 2.11. The van der Waals surface area contributed by atoms with Crippen LogP contribution in [0.25, 0.3) is 0 Å². The quantitative estimate of drug-likeness (QED) is 0.597. The first kappa shape index (κ1) is 13.9. The van der Waals surface area contributed by atoms with Crippen LogP contribution in [-0.4, -0.2) is 29.1 Å². The van der Waals surface area contributed by atoms with Crippen molar-refractivity contribution in [2.75, 3.05) is 6.54 Å². The fourth-order valence-electron chi connectivity index (χ4n) is 1.08. The first-order chi connectivity index (χ1) is 6.87. The van der Waals surface area contributed by atoms with E-state index >= 15 is 0 Å². The van der Waals surface area contributed by atoms with E-state index in [4.69, 9.17) is 10.8 Å². The van der Waals surface area contributed by atoms with Gasteiger partial charge in [0.25, 0.3) is 0 Å². The lowest BCUT2D eigenvalue weighted by atomic mass is 9.93. The standard InChI is InChI=1S/C10H20N2O3/c1-4-10(11,5-2)9(15)12-6-7(3)8(13)14/h7H,4-6,11H2,1-3H3,(H,12,15)(H,13,14). The molecular formula is C10H20N2O3.